The minimum atomic E-state index is -4.17. The van der Waals surface area contributed by atoms with Crippen LogP contribution in [-0.2, 0) is 14.8 Å². The number of sulfonamides is 1. The van der Waals surface area contributed by atoms with Gasteiger partial charge in [-0.2, -0.15) is 4.31 Å². The van der Waals surface area contributed by atoms with Gasteiger partial charge in [0.1, 0.15) is 28.3 Å². The van der Waals surface area contributed by atoms with E-state index in [1.54, 1.807) is 12.1 Å². The fourth-order valence-electron chi connectivity index (χ4n) is 5.69. The number of aliphatic hydroxyl groups is 1. The molecule has 3 amide bonds. The van der Waals surface area contributed by atoms with Crippen molar-refractivity contribution in [3.8, 4) is 5.75 Å². The van der Waals surface area contributed by atoms with Crippen molar-refractivity contribution in [3.05, 3.63) is 53.6 Å². The number of nitrogens with zero attached hydrogens (tertiary/aromatic N) is 2. The van der Waals surface area contributed by atoms with Gasteiger partial charge in [0.05, 0.1) is 18.4 Å². The molecule has 10 nitrogen and oxygen atoms in total. The first-order valence-electron chi connectivity index (χ1n) is 13.7. The number of nitrogens with one attached hydrogen (secondary N) is 2. The summed E-state index contributed by atoms with van der Waals surface area (Å²) in [6.07, 6.45) is -0.0261. The van der Waals surface area contributed by atoms with Gasteiger partial charge in [0.2, 0.25) is 15.9 Å². The first-order valence-corrected chi connectivity index (χ1v) is 15.1. The molecule has 2 aromatic rings. The third-order valence-electron chi connectivity index (χ3n) is 8.16. The van der Waals surface area contributed by atoms with Gasteiger partial charge in [0.15, 0.2) is 0 Å². The third kappa shape index (κ3) is 5.88. The lowest BCUT2D eigenvalue weighted by molar-refractivity contribution is -0.127. The van der Waals surface area contributed by atoms with E-state index >= 15 is 0 Å². The highest BCUT2D eigenvalue weighted by Gasteiger charge is 2.47. The minimum absolute atomic E-state index is 0.0425. The summed E-state index contributed by atoms with van der Waals surface area (Å²) in [4.78, 5) is 27.8. The molecule has 0 bridgehead atoms. The van der Waals surface area contributed by atoms with E-state index in [9.17, 15) is 31.9 Å². The van der Waals surface area contributed by atoms with Crippen LogP contribution < -0.4 is 15.4 Å². The number of hydrogen-bond donors (Lipinski definition) is 3. The summed E-state index contributed by atoms with van der Waals surface area (Å²) in [5.41, 5.74) is -0.0560. The van der Waals surface area contributed by atoms with Crippen LogP contribution in [-0.4, -0.2) is 78.6 Å². The second-order valence-electron chi connectivity index (χ2n) is 11.3. The molecule has 3 aliphatic heterocycles. The smallest absolute Gasteiger partial charge is 0.321 e. The molecule has 3 heterocycles. The Morgan fingerprint density at radius 1 is 1.15 bits per heavy atom. The molecule has 0 radical (unpaired) electrons. The van der Waals surface area contributed by atoms with Crippen molar-refractivity contribution >= 4 is 27.6 Å². The van der Waals surface area contributed by atoms with E-state index in [2.05, 4.69) is 10.6 Å². The second kappa shape index (κ2) is 11.2. The molecule has 0 aromatic heterocycles. The molecule has 41 heavy (non-hydrogen) atoms. The highest BCUT2D eigenvalue weighted by Crippen LogP contribution is 2.36. The number of likely N-dealkylation sites (tertiary alicyclic amines) is 1. The number of ether oxygens (including phenoxy) is 1. The summed E-state index contributed by atoms with van der Waals surface area (Å²) in [5.74, 6) is -1.84. The zero-order valence-corrected chi connectivity index (χ0v) is 23.7. The second-order valence-corrected chi connectivity index (χ2v) is 13.1. The lowest BCUT2D eigenvalue weighted by Crippen LogP contribution is -2.60. The first-order chi connectivity index (χ1) is 19.4. The number of aliphatic hydroxyl groups excluding tert-OH is 1. The Labute approximate surface area is 237 Å². The van der Waals surface area contributed by atoms with Gasteiger partial charge in [-0.3, -0.25) is 4.79 Å². The molecule has 3 N–H and O–H groups in total. The standard InChI is InChI=1S/C28H34F2N4O6S/c1-17(2)18-3-6-25-24(13-18)40-12-9-28(32-26(36)23-15-20(35)16-34(23)41(25,38)39)7-10-33(11-8-28)27(37)31-22-5-4-19(29)14-21(22)30/h3-6,13-14,17,20,23,35H,7-12,15-16H2,1-2H3,(H,31,37)(H,32,36)/t20-,23+/m1/s1. The quantitative estimate of drug-likeness (QED) is 0.492. The topological polar surface area (TPSA) is 128 Å². The fraction of sp³-hybridized carbons (Fsp3) is 0.500. The van der Waals surface area contributed by atoms with E-state index in [0.29, 0.717) is 25.3 Å². The maximum atomic E-state index is 14.1. The van der Waals surface area contributed by atoms with Crippen molar-refractivity contribution in [3.63, 3.8) is 0 Å². The number of urea groups is 1. The lowest BCUT2D eigenvalue weighted by atomic mass is 9.84. The number of piperidine rings is 1. The predicted molar refractivity (Wildman–Crippen MR) is 146 cm³/mol. The molecule has 0 saturated carbocycles. The number of halogens is 2. The lowest BCUT2D eigenvalue weighted by Gasteiger charge is -2.43. The molecular weight excluding hydrogens is 558 g/mol. The van der Waals surface area contributed by atoms with E-state index in [1.165, 1.54) is 11.0 Å². The van der Waals surface area contributed by atoms with Crippen molar-refractivity contribution in [1.29, 1.82) is 0 Å². The number of carbonyl (C=O) groups excluding carboxylic acids is 2. The van der Waals surface area contributed by atoms with Crippen molar-refractivity contribution in [2.75, 3.05) is 31.6 Å². The number of carbonyl (C=O) groups is 2. The van der Waals surface area contributed by atoms with Crippen molar-refractivity contribution in [2.24, 2.45) is 0 Å². The number of amides is 3. The van der Waals surface area contributed by atoms with Gasteiger partial charge in [-0.25, -0.2) is 22.0 Å². The Morgan fingerprint density at radius 2 is 1.88 bits per heavy atom. The van der Waals surface area contributed by atoms with E-state index < -0.39 is 51.3 Å². The van der Waals surface area contributed by atoms with Gasteiger partial charge in [0.25, 0.3) is 0 Å². The van der Waals surface area contributed by atoms with Crippen molar-refractivity contribution in [2.45, 2.75) is 68.0 Å². The normalized spacial score (nSPS) is 24.1. The largest absolute Gasteiger partial charge is 0.492 e. The molecule has 13 heteroatoms. The monoisotopic (exact) mass is 592 g/mol. The highest BCUT2D eigenvalue weighted by molar-refractivity contribution is 7.89. The van der Waals surface area contributed by atoms with E-state index in [0.717, 1.165) is 22.0 Å². The average molecular weight is 593 g/mol. The van der Waals surface area contributed by atoms with Gasteiger partial charge in [-0.1, -0.05) is 19.9 Å². The molecule has 0 aliphatic carbocycles. The maximum absolute atomic E-state index is 14.1. The van der Waals surface area contributed by atoms with Crippen LogP contribution in [0.3, 0.4) is 0 Å². The predicted octanol–water partition coefficient (Wildman–Crippen LogP) is 3.18. The van der Waals surface area contributed by atoms with Crippen LogP contribution in [0.15, 0.2) is 41.3 Å². The van der Waals surface area contributed by atoms with Crippen LogP contribution >= 0.6 is 0 Å². The number of fused-ring (bicyclic) bond motifs is 2. The summed E-state index contributed by atoms with van der Waals surface area (Å²) in [6.45, 7) is 4.31. The fourth-order valence-corrected chi connectivity index (χ4v) is 7.44. The van der Waals surface area contributed by atoms with Crippen LogP contribution in [0, 0.1) is 11.6 Å². The maximum Gasteiger partial charge on any atom is 0.321 e. The number of anilines is 1. The Morgan fingerprint density at radius 3 is 2.56 bits per heavy atom. The molecule has 2 saturated heterocycles. The van der Waals surface area contributed by atoms with E-state index in [-0.39, 0.29) is 54.9 Å². The molecule has 0 unspecified atom stereocenters. The molecular formula is C28H34F2N4O6S. The van der Waals surface area contributed by atoms with Crippen LogP contribution in [0.5, 0.6) is 5.75 Å². The molecule has 3 aliphatic rings. The summed E-state index contributed by atoms with van der Waals surface area (Å²) in [6, 6.07) is 6.15. The van der Waals surface area contributed by atoms with Crippen molar-refractivity contribution in [1.82, 2.24) is 14.5 Å². The van der Waals surface area contributed by atoms with Gasteiger partial charge < -0.3 is 25.4 Å². The summed E-state index contributed by atoms with van der Waals surface area (Å²) in [5, 5.41) is 15.9. The van der Waals surface area contributed by atoms with Crippen LogP contribution in [0.25, 0.3) is 0 Å². The van der Waals surface area contributed by atoms with Crippen LogP contribution in [0.2, 0.25) is 0 Å². The Bertz CT molecular complexity index is 1450. The molecule has 222 valence electrons. The van der Waals surface area contributed by atoms with Gasteiger partial charge in [-0.15, -0.1) is 0 Å². The van der Waals surface area contributed by atoms with Crippen LogP contribution in [0.4, 0.5) is 19.3 Å². The Hall–Kier alpha value is -3.29. The third-order valence-corrected chi connectivity index (χ3v) is 10.1. The summed E-state index contributed by atoms with van der Waals surface area (Å²) in [7, 11) is -4.17. The Balaban J connectivity index is 1.39. The molecule has 2 fully saturated rings. The first kappa shape index (κ1) is 29.2. The SMILES string of the molecule is CC(C)c1ccc2c(c1)OCCC1(CCN(C(=O)Nc3ccc(F)cc3F)CC1)NC(=O)[C@@H]1C[C@@H](O)CN1S2(=O)=O. The van der Waals surface area contributed by atoms with Gasteiger partial charge in [0, 0.05) is 44.1 Å². The van der Waals surface area contributed by atoms with Gasteiger partial charge >= 0.3 is 6.03 Å². The zero-order valence-electron chi connectivity index (χ0n) is 22.9. The van der Waals surface area contributed by atoms with E-state index in [4.69, 9.17) is 4.74 Å². The number of rotatable bonds is 2. The molecule has 5 rings (SSSR count). The molecule has 1 spiro atoms. The summed E-state index contributed by atoms with van der Waals surface area (Å²) >= 11 is 0. The minimum Gasteiger partial charge on any atom is -0.492 e. The van der Waals surface area contributed by atoms with Crippen molar-refractivity contribution < 1.29 is 36.6 Å². The number of benzene rings is 2. The molecule has 2 atom stereocenters. The average Bonchev–Trinajstić information content (AvgIpc) is 3.32. The Kier molecular flexibility index (Phi) is 7.96. The van der Waals surface area contributed by atoms with E-state index in [1.807, 2.05) is 13.8 Å². The highest BCUT2D eigenvalue weighted by atomic mass is 32.2. The number of hydrogen-bond acceptors (Lipinski definition) is 6. The summed E-state index contributed by atoms with van der Waals surface area (Å²) < 4.78 is 61.9. The molecule has 2 aromatic carbocycles. The van der Waals surface area contributed by atoms with Gasteiger partial charge in [-0.05, 0) is 48.6 Å². The zero-order chi connectivity index (χ0) is 29.5. The van der Waals surface area contributed by atoms with Crippen LogP contribution in [0.1, 0.15) is 51.0 Å².